The number of carbonyl (C=O) groups is 1. The second-order valence-corrected chi connectivity index (χ2v) is 8.50. The molecule has 0 radical (unpaired) electrons. The van der Waals surface area contributed by atoms with Crippen LogP contribution >= 0.6 is 11.8 Å². The number of ether oxygens (including phenoxy) is 1. The number of amides is 1. The summed E-state index contributed by atoms with van der Waals surface area (Å²) in [7, 11) is 0. The second-order valence-electron chi connectivity index (χ2n) is 7.43. The minimum absolute atomic E-state index is 0.148. The Morgan fingerprint density at radius 1 is 0.970 bits per heavy atom. The van der Waals surface area contributed by atoms with Crippen molar-refractivity contribution in [2.75, 3.05) is 11.9 Å². The third-order valence-electron chi connectivity index (χ3n) is 5.09. The third-order valence-corrected chi connectivity index (χ3v) is 6.33. The minimum atomic E-state index is -0.515. The Balaban J connectivity index is 1.63. The summed E-state index contributed by atoms with van der Waals surface area (Å²) in [6.45, 7) is 5.00. The Kier molecular flexibility index (Phi) is 7.42. The molecule has 1 atom stereocenters. The topological polar surface area (TPSA) is 69.0 Å². The molecule has 1 unspecified atom stereocenters. The number of rotatable bonds is 9. The molecule has 0 saturated heterocycles. The quantitative estimate of drug-likeness (QED) is 0.335. The fraction of sp³-hybridized carbons (Fsp3) is 0.192. The Hall–Kier alpha value is -3.58. The lowest BCUT2D eigenvalue weighted by molar-refractivity contribution is -0.115. The highest BCUT2D eigenvalue weighted by Crippen LogP contribution is 2.36. The van der Waals surface area contributed by atoms with Crippen molar-refractivity contribution in [1.82, 2.24) is 14.8 Å². The maximum Gasteiger partial charge on any atom is 0.242 e. The van der Waals surface area contributed by atoms with Crippen molar-refractivity contribution in [2.24, 2.45) is 0 Å². The van der Waals surface area contributed by atoms with E-state index in [0.29, 0.717) is 29.7 Å². The summed E-state index contributed by atoms with van der Waals surface area (Å²) in [5.41, 5.74) is 2.68. The van der Waals surface area contributed by atoms with E-state index in [-0.39, 0.29) is 5.91 Å². The Morgan fingerprint density at radius 3 is 2.36 bits per heavy atom. The van der Waals surface area contributed by atoms with Gasteiger partial charge in [-0.15, -0.1) is 10.2 Å². The molecule has 0 aliphatic heterocycles. The average Bonchev–Trinajstić information content (AvgIpc) is 3.19. The number of nitrogens with one attached hydrogen (secondary N) is 1. The number of para-hydroxylation sites is 2. The first-order chi connectivity index (χ1) is 16.2. The molecule has 7 heteroatoms. The number of carbonyl (C=O) groups excluding carboxylic acids is 1. The van der Waals surface area contributed by atoms with E-state index in [1.54, 1.807) is 0 Å². The molecule has 0 spiro atoms. The van der Waals surface area contributed by atoms with Crippen LogP contribution in [0.4, 0.5) is 5.69 Å². The number of anilines is 1. The number of aryl methyl sites for hydroxylation is 1. The number of hydrogen-bond donors (Lipinski definition) is 1. The first-order valence-electron chi connectivity index (χ1n) is 10.8. The highest BCUT2D eigenvalue weighted by atomic mass is 32.2. The molecular formula is C26H26N4O2S. The van der Waals surface area contributed by atoms with Gasteiger partial charge in [0, 0.05) is 0 Å². The molecule has 168 valence electrons. The van der Waals surface area contributed by atoms with E-state index in [2.05, 4.69) is 27.6 Å². The van der Waals surface area contributed by atoms with Crippen LogP contribution in [-0.4, -0.2) is 27.3 Å². The Labute approximate surface area is 198 Å². The maximum absolute atomic E-state index is 13.5. The van der Waals surface area contributed by atoms with Gasteiger partial charge in [-0.2, -0.15) is 0 Å². The summed E-state index contributed by atoms with van der Waals surface area (Å²) < 4.78 is 7.72. The molecule has 3 aromatic carbocycles. The van der Waals surface area contributed by atoms with E-state index in [0.717, 1.165) is 17.0 Å². The molecule has 1 N–H and O–H groups in total. The van der Waals surface area contributed by atoms with E-state index in [9.17, 15) is 4.79 Å². The molecule has 6 nitrogen and oxygen atoms in total. The highest BCUT2D eigenvalue weighted by Gasteiger charge is 2.26. The molecule has 4 rings (SSSR count). The van der Waals surface area contributed by atoms with Crippen molar-refractivity contribution in [1.29, 1.82) is 0 Å². The van der Waals surface area contributed by atoms with E-state index >= 15 is 0 Å². The zero-order valence-corrected chi connectivity index (χ0v) is 19.5. The molecule has 1 amide bonds. The first kappa shape index (κ1) is 22.6. The zero-order valence-electron chi connectivity index (χ0n) is 18.6. The van der Waals surface area contributed by atoms with Crippen LogP contribution in [0.15, 0.2) is 90.1 Å². The van der Waals surface area contributed by atoms with Gasteiger partial charge >= 0.3 is 0 Å². The molecule has 4 aromatic rings. The van der Waals surface area contributed by atoms with Gasteiger partial charge in [-0.3, -0.25) is 4.79 Å². The minimum Gasteiger partial charge on any atom is -0.492 e. The van der Waals surface area contributed by atoms with Crippen molar-refractivity contribution in [2.45, 2.75) is 30.8 Å². The summed E-state index contributed by atoms with van der Waals surface area (Å²) >= 11 is 1.39. The van der Waals surface area contributed by atoms with Gasteiger partial charge in [0.15, 0.2) is 5.16 Å². The monoisotopic (exact) mass is 458 g/mol. The molecule has 0 aliphatic rings. The van der Waals surface area contributed by atoms with Crippen LogP contribution in [-0.2, 0) is 11.3 Å². The van der Waals surface area contributed by atoms with Gasteiger partial charge in [-0.1, -0.05) is 84.6 Å². The number of nitrogens with zero attached hydrogens (tertiary/aromatic N) is 3. The molecule has 0 fully saturated rings. The Bertz CT molecular complexity index is 1200. The molecular weight excluding hydrogens is 432 g/mol. The van der Waals surface area contributed by atoms with E-state index in [4.69, 9.17) is 4.74 Å². The van der Waals surface area contributed by atoms with Crippen LogP contribution in [0.3, 0.4) is 0 Å². The van der Waals surface area contributed by atoms with Crippen LogP contribution in [0.5, 0.6) is 5.75 Å². The Morgan fingerprint density at radius 2 is 1.64 bits per heavy atom. The predicted molar refractivity (Wildman–Crippen MR) is 132 cm³/mol. The normalized spacial score (nSPS) is 11.7. The SMILES string of the molecule is CCOc1ccccc1NC(=O)C(Sc1nnc(C)n1Cc1ccccc1)c1ccccc1. The van der Waals surface area contributed by atoms with Gasteiger partial charge in [0.25, 0.3) is 0 Å². The number of benzene rings is 3. The smallest absolute Gasteiger partial charge is 0.242 e. The fourth-order valence-corrected chi connectivity index (χ4v) is 4.53. The van der Waals surface area contributed by atoms with E-state index < -0.39 is 5.25 Å². The molecule has 1 heterocycles. The van der Waals surface area contributed by atoms with Gasteiger partial charge in [0.05, 0.1) is 18.8 Å². The summed E-state index contributed by atoms with van der Waals surface area (Å²) in [4.78, 5) is 13.5. The summed E-state index contributed by atoms with van der Waals surface area (Å²) in [5, 5.41) is 11.9. The first-order valence-corrected chi connectivity index (χ1v) is 11.7. The summed E-state index contributed by atoms with van der Waals surface area (Å²) in [6, 6.07) is 27.3. The lowest BCUT2D eigenvalue weighted by Crippen LogP contribution is -2.20. The van der Waals surface area contributed by atoms with Crippen molar-refractivity contribution in [3.05, 3.63) is 102 Å². The van der Waals surface area contributed by atoms with Crippen LogP contribution in [0, 0.1) is 6.92 Å². The number of thioether (sulfide) groups is 1. The van der Waals surface area contributed by atoms with Crippen molar-refractivity contribution >= 4 is 23.4 Å². The fourth-order valence-electron chi connectivity index (χ4n) is 3.45. The van der Waals surface area contributed by atoms with Crippen molar-refractivity contribution < 1.29 is 9.53 Å². The van der Waals surface area contributed by atoms with Gasteiger partial charge in [-0.05, 0) is 37.1 Å². The van der Waals surface area contributed by atoms with Crippen LogP contribution < -0.4 is 10.1 Å². The average molecular weight is 459 g/mol. The highest BCUT2D eigenvalue weighted by molar-refractivity contribution is 8.00. The van der Waals surface area contributed by atoms with Crippen molar-refractivity contribution in [3.8, 4) is 5.75 Å². The van der Waals surface area contributed by atoms with Crippen molar-refractivity contribution in [3.63, 3.8) is 0 Å². The second kappa shape index (κ2) is 10.8. The summed E-state index contributed by atoms with van der Waals surface area (Å²) in [6.07, 6.45) is 0. The van der Waals surface area contributed by atoms with Gasteiger partial charge in [0.2, 0.25) is 5.91 Å². The number of hydrogen-bond acceptors (Lipinski definition) is 5. The zero-order chi connectivity index (χ0) is 23.0. The van der Waals surface area contributed by atoms with E-state index in [1.807, 2.05) is 91.2 Å². The van der Waals surface area contributed by atoms with Crippen LogP contribution in [0.2, 0.25) is 0 Å². The van der Waals surface area contributed by atoms with E-state index in [1.165, 1.54) is 11.8 Å². The standard InChI is InChI=1S/C26H26N4O2S/c1-3-32-23-17-11-10-16-22(23)27-25(31)24(21-14-8-5-9-15-21)33-26-29-28-19(2)30(26)18-20-12-6-4-7-13-20/h4-17,24H,3,18H2,1-2H3,(H,27,31). The lowest BCUT2D eigenvalue weighted by Gasteiger charge is -2.18. The predicted octanol–water partition coefficient (Wildman–Crippen LogP) is 5.51. The van der Waals surface area contributed by atoms with Gasteiger partial charge < -0.3 is 14.6 Å². The maximum atomic E-state index is 13.5. The summed E-state index contributed by atoms with van der Waals surface area (Å²) in [5.74, 6) is 1.30. The largest absolute Gasteiger partial charge is 0.492 e. The molecule has 0 saturated carbocycles. The molecule has 0 aliphatic carbocycles. The third kappa shape index (κ3) is 5.62. The molecule has 1 aromatic heterocycles. The van der Waals surface area contributed by atoms with Crippen LogP contribution in [0.1, 0.15) is 29.1 Å². The van der Waals surface area contributed by atoms with Gasteiger partial charge in [0.1, 0.15) is 16.8 Å². The lowest BCUT2D eigenvalue weighted by atomic mass is 10.1. The van der Waals surface area contributed by atoms with Gasteiger partial charge in [-0.25, -0.2) is 0 Å². The van der Waals surface area contributed by atoms with Crippen LogP contribution in [0.25, 0.3) is 0 Å². The molecule has 33 heavy (non-hydrogen) atoms. The molecule has 0 bridgehead atoms. The number of aromatic nitrogens is 3.